The van der Waals surface area contributed by atoms with E-state index in [0.717, 1.165) is 16.8 Å². The number of nitrogens with one attached hydrogen (secondary N) is 1. The Kier molecular flexibility index (Phi) is 7.67. The molecule has 1 aliphatic heterocycles. The van der Waals surface area contributed by atoms with Crippen LogP contribution in [0.1, 0.15) is 11.8 Å². The summed E-state index contributed by atoms with van der Waals surface area (Å²) in [6, 6.07) is 6.24. The van der Waals surface area contributed by atoms with Gasteiger partial charge in [-0.3, -0.25) is 9.69 Å². The lowest BCUT2D eigenvalue weighted by Crippen LogP contribution is -2.45. The summed E-state index contributed by atoms with van der Waals surface area (Å²) in [5.74, 6) is 0.211. The molecule has 0 radical (unpaired) electrons. The van der Waals surface area contributed by atoms with Gasteiger partial charge in [-0.25, -0.2) is 14.4 Å². The van der Waals surface area contributed by atoms with Gasteiger partial charge in [0.2, 0.25) is 11.9 Å². The van der Waals surface area contributed by atoms with Gasteiger partial charge in [0, 0.05) is 52.6 Å². The number of aromatic nitrogens is 2. The second-order valence-corrected chi connectivity index (χ2v) is 7.31. The van der Waals surface area contributed by atoms with E-state index in [1.54, 1.807) is 25.4 Å². The topological polar surface area (TPSA) is 79.8 Å². The minimum absolute atomic E-state index is 0.0527. The van der Waals surface area contributed by atoms with E-state index in [1.807, 2.05) is 23.9 Å². The van der Waals surface area contributed by atoms with Crippen molar-refractivity contribution < 1.29 is 18.7 Å². The van der Waals surface area contributed by atoms with Gasteiger partial charge >= 0.3 is 0 Å². The number of rotatable bonds is 8. The van der Waals surface area contributed by atoms with E-state index in [0.29, 0.717) is 38.8 Å². The average Bonchev–Trinajstić information content (AvgIpc) is 2.74. The van der Waals surface area contributed by atoms with Crippen LogP contribution in [-0.2, 0) is 14.3 Å². The number of benzene rings is 1. The zero-order valence-electron chi connectivity index (χ0n) is 17.6. The molecule has 1 saturated heterocycles. The van der Waals surface area contributed by atoms with Crippen molar-refractivity contribution >= 4 is 11.9 Å². The summed E-state index contributed by atoms with van der Waals surface area (Å²) in [5.41, 5.74) is 2.33. The van der Waals surface area contributed by atoms with Crippen LogP contribution in [0.2, 0.25) is 0 Å². The van der Waals surface area contributed by atoms with Crippen LogP contribution in [0.15, 0.2) is 30.5 Å². The van der Waals surface area contributed by atoms with E-state index >= 15 is 0 Å². The number of halogens is 1. The summed E-state index contributed by atoms with van der Waals surface area (Å²) in [5, 5.41) is 2.84. The Morgan fingerprint density at radius 3 is 2.83 bits per heavy atom. The van der Waals surface area contributed by atoms with Gasteiger partial charge < -0.3 is 19.7 Å². The standard InChI is InChI=1S/C21H28FN5O3/c1-26(2)21-24-12-17(15-4-6-16(22)7-5-15)20(25-21)18-13-27(9-11-30-18)14-19(28)23-8-10-29-3/h4-7,12,18H,8-11,13-14H2,1-3H3,(H,23,28)/t18-/m1/s1. The highest BCUT2D eigenvalue weighted by molar-refractivity contribution is 5.78. The van der Waals surface area contributed by atoms with Crippen molar-refractivity contribution in [2.75, 3.05) is 65.5 Å². The molecule has 1 atom stereocenters. The molecule has 0 spiro atoms. The molecule has 1 N–H and O–H groups in total. The lowest BCUT2D eigenvalue weighted by molar-refractivity contribution is -0.124. The van der Waals surface area contributed by atoms with Gasteiger partial charge in [0.15, 0.2) is 0 Å². The zero-order chi connectivity index (χ0) is 21.5. The highest BCUT2D eigenvalue weighted by Crippen LogP contribution is 2.31. The van der Waals surface area contributed by atoms with Crippen LogP contribution in [0.25, 0.3) is 11.1 Å². The molecule has 1 fully saturated rings. The number of ether oxygens (including phenoxy) is 2. The molecule has 1 aromatic carbocycles. The van der Waals surface area contributed by atoms with Crippen molar-refractivity contribution in [2.24, 2.45) is 0 Å². The van der Waals surface area contributed by atoms with Gasteiger partial charge in [0.25, 0.3) is 0 Å². The molecular weight excluding hydrogens is 389 g/mol. The van der Waals surface area contributed by atoms with Crippen LogP contribution in [0.4, 0.5) is 10.3 Å². The molecule has 0 saturated carbocycles. The molecule has 30 heavy (non-hydrogen) atoms. The molecule has 1 aliphatic rings. The first-order valence-electron chi connectivity index (χ1n) is 9.87. The highest BCUT2D eigenvalue weighted by atomic mass is 19.1. The van der Waals surface area contributed by atoms with Gasteiger partial charge in [-0.2, -0.15) is 0 Å². The molecule has 8 nitrogen and oxygen atoms in total. The fourth-order valence-electron chi connectivity index (χ4n) is 3.26. The van der Waals surface area contributed by atoms with Gasteiger partial charge in [0.1, 0.15) is 11.9 Å². The second-order valence-electron chi connectivity index (χ2n) is 7.31. The first kappa shape index (κ1) is 22.1. The summed E-state index contributed by atoms with van der Waals surface area (Å²) in [6.45, 7) is 2.91. The Bertz CT molecular complexity index is 847. The molecule has 2 heterocycles. The molecule has 2 aromatic rings. The number of methoxy groups -OCH3 is 1. The smallest absolute Gasteiger partial charge is 0.234 e. The van der Waals surface area contributed by atoms with E-state index in [9.17, 15) is 9.18 Å². The number of amides is 1. The quantitative estimate of drug-likeness (QED) is 0.652. The van der Waals surface area contributed by atoms with Crippen molar-refractivity contribution in [2.45, 2.75) is 6.10 Å². The fraction of sp³-hybridized carbons (Fsp3) is 0.476. The van der Waals surface area contributed by atoms with Gasteiger partial charge in [-0.05, 0) is 17.7 Å². The second kappa shape index (κ2) is 10.4. The summed E-state index contributed by atoms with van der Waals surface area (Å²) in [7, 11) is 5.34. The summed E-state index contributed by atoms with van der Waals surface area (Å²) < 4.78 is 24.4. The molecule has 0 unspecified atom stereocenters. The highest BCUT2D eigenvalue weighted by Gasteiger charge is 2.27. The molecule has 1 amide bonds. The minimum Gasteiger partial charge on any atom is -0.383 e. The Morgan fingerprint density at radius 1 is 1.37 bits per heavy atom. The third-order valence-corrected chi connectivity index (χ3v) is 4.81. The van der Waals surface area contributed by atoms with Crippen LogP contribution in [-0.4, -0.2) is 81.4 Å². The molecule has 3 rings (SSSR count). The summed E-state index contributed by atoms with van der Waals surface area (Å²) in [6.07, 6.45) is 1.41. The van der Waals surface area contributed by atoms with E-state index in [4.69, 9.17) is 14.5 Å². The number of hydrogen-bond donors (Lipinski definition) is 1. The van der Waals surface area contributed by atoms with Crippen molar-refractivity contribution in [3.05, 3.63) is 42.0 Å². The largest absolute Gasteiger partial charge is 0.383 e. The van der Waals surface area contributed by atoms with Crippen LogP contribution < -0.4 is 10.2 Å². The lowest BCUT2D eigenvalue weighted by Gasteiger charge is -2.33. The van der Waals surface area contributed by atoms with Crippen molar-refractivity contribution in [3.8, 4) is 11.1 Å². The number of hydrogen-bond acceptors (Lipinski definition) is 7. The molecule has 9 heteroatoms. The van der Waals surface area contributed by atoms with Crippen molar-refractivity contribution in [1.82, 2.24) is 20.2 Å². The van der Waals surface area contributed by atoms with Crippen LogP contribution >= 0.6 is 0 Å². The first-order chi connectivity index (χ1) is 14.5. The fourth-order valence-corrected chi connectivity index (χ4v) is 3.26. The molecular formula is C21H28FN5O3. The maximum absolute atomic E-state index is 13.4. The Morgan fingerprint density at radius 2 is 2.13 bits per heavy atom. The number of morpholine rings is 1. The zero-order valence-corrected chi connectivity index (χ0v) is 17.6. The summed E-state index contributed by atoms with van der Waals surface area (Å²) >= 11 is 0. The first-order valence-corrected chi connectivity index (χ1v) is 9.87. The maximum Gasteiger partial charge on any atom is 0.234 e. The number of anilines is 1. The Hall–Kier alpha value is -2.62. The van der Waals surface area contributed by atoms with Crippen LogP contribution in [0, 0.1) is 5.82 Å². The third kappa shape index (κ3) is 5.71. The van der Waals surface area contributed by atoms with Crippen LogP contribution in [0.5, 0.6) is 0 Å². The average molecular weight is 417 g/mol. The lowest BCUT2D eigenvalue weighted by atomic mass is 10.0. The Labute approximate surface area is 176 Å². The summed E-state index contributed by atoms with van der Waals surface area (Å²) in [4.78, 5) is 25.2. The molecule has 0 bridgehead atoms. The van der Waals surface area contributed by atoms with E-state index in [2.05, 4.69) is 10.3 Å². The monoisotopic (exact) mass is 417 g/mol. The van der Waals surface area contributed by atoms with E-state index in [1.165, 1.54) is 12.1 Å². The number of carbonyl (C=O) groups is 1. The molecule has 1 aromatic heterocycles. The van der Waals surface area contributed by atoms with Crippen molar-refractivity contribution in [3.63, 3.8) is 0 Å². The van der Waals surface area contributed by atoms with Gasteiger partial charge in [-0.15, -0.1) is 0 Å². The predicted molar refractivity (Wildman–Crippen MR) is 112 cm³/mol. The number of carbonyl (C=O) groups excluding carboxylic acids is 1. The number of nitrogens with zero attached hydrogens (tertiary/aromatic N) is 4. The minimum atomic E-state index is -0.327. The maximum atomic E-state index is 13.4. The normalized spacial score (nSPS) is 17.0. The van der Waals surface area contributed by atoms with E-state index < -0.39 is 0 Å². The predicted octanol–water partition coefficient (Wildman–Crippen LogP) is 1.48. The van der Waals surface area contributed by atoms with Gasteiger partial charge in [-0.1, -0.05) is 12.1 Å². The van der Waals surface area contributed by atoms with Crippen LogP contribution in [0.3, 0.4) is 0 Å². The molecule has 162 valence electrons. The SMILES string of the molecule is COCCNC(=O)CN1CCO[C@@H](c2nc(N(C)C)ncc2-c2ccc(F)cc2)C1. The van der Waals surface area contributed by atoms with Gasteiger partial charge in [0.05, 0.1) is 25.5 Å². The van der Waals surface area contributed by atoms with Crippen molar-refractivity contribution in [1.29, 1.82) is 0 Å². The third-order valence-electron chi connectivity index (χ3n) is 4.81. The Balaban J connectivity index is 1.81. The molecule has 0 aliphatic carbocycles. The van der Waals surface area contributed by atoms with E-state index in [-0.39, 0.29) is 24.4 Å².